The molecular weight excluding hydrogens is 412 g/mol. The Morgan fingerprint density at radius 3 is 2.39 bits per heavy atom. The van der Waals surface area contributed by atoms with Crippen LogP contribution in [0.25, 0.3) is 11.1 Å². The van der Waals surface area contributed by atoms with Gasteiger partial charge in [0.2, 0.25) is 5.91 Å². The maximum atomic E-state index is 11.5. The zero-order valence-corrected chi connectivity index (χ0v) is 17.8. The summed E-state index contributed by atoms with van der Waals surface area (Å²) in [6.07, 6.45) is 3.15. The number of hydrogen-bond donors (Lipinski definition) is 1. The van der Waals surface area contributed by atoms with Crippen molar-refractivity contribution in [3.8, 4) is 23.0 Å². The summed E-state index contributed by atoms with van der Waals surface area (Å²) in [5.74, 6) is 7.55. The van der Waals surface area contributed by atoms with E-state index >= 15 is 0 Å². The molecule has 1 saturated heterocycles. The Labute approximate surface area is 185 Å². The van der Waals surface area contributed by atoms with E-state index in [0.717, 1.165) is 30.0 Å². The monoisotopic (exact) mass is 432 g/mol. The molecule has 1 fully saturated rings. The Morgan fingerprint density at radius 2 is 1.74 bits per heavy atom. The fraction of sp³-hybridized carbons (Fsp3) is 0.217. The molecule has 0 radical (unpaired) electrons. The number of halogens is 1. The highest BCUT2D eigenvalue weighted by molar-refractivity contribution is 6.30. The van der Waals surface area contributed by atoms with Gasteiger partial charge < -0.3 is 15.5 Å². The fourth-order valence-corrected chi connectivity index (χ4v) is 3.55. The average molecular weight is 433 g/mol. The number of rotatable bonds is 2. The van der Waals surface area contributed by atoms with Crippen molar-refractivity contribution in [1.29, 1.82) is 0 Å². The largest absolute Gasteiger partial charge is 0.383 e. The van der Waals surface area contributed by atoms with Crippen LogP contribution in [0, 0.1) is 11.8 Å². The molecule has 7 nitrogen and oxygen atoms in total. The van der Waals surface area contributed by atoms with Gasteiger partial charge in [0.1, 0.15) is 23.7 Å². The number of piperazine rings is 1. The van der Waals surface area contributed by atoms with E-state index in [9.17, 15) is 4.79 Å². The van der Waals surface area contributed by atoms with Crippen LogP contribution in [0.1, 0.15) is 18.2 Å². The lowest BCUT2D eigenvalue weighted by molar-refractivity contribution is -0.129. The Hall–Kier alpha value is -3.63. The Bertz CT molecular complexity index is 1140. The van der Waals surface area contributed by atoms with Gasteiger partial charge in [-0.25, -0.2) is 15.0 Å². The predicted molar refractivity (Wildman–Crippen MR) is 122 cm³/mol. The number of carbonyl (C=O) groups is 1. The van der Waals surface area contributed by atoms with E-state index in [4.69, 9.17) is 17.3 Å². The normalized spacial score (nSPS) is 13.5. The van der Waals surface area contributed by atoms with Crippen LogP contribution in [0.4, 0.5) is 11.6 Å². The molecule has 1 amide bonds. The summed E-state index contributed by atoms with van der Waals surface area (Å²) in [6, 6.07) is 11.2. The highest BCUT2D eigenvalue weighted by Crippen LogP contribution is 2.27. The van der Waals surface area contributed by atoms with Gasteiger partial charge in [-0.15, -0.1) is 0 Å². The number of nitrogen functional groups attached to an aromatic ring is 1. The van der Waals surface area contributed by atoms with Crippen LogP contribution in [0.3, 0.4) is 0 Å². The second-order valence-corrected chi connectivity index (χ2v) is 7.57. The van der Waals surface area contributed by atoms with Crippen molar-refractivity contribution >= 4 is 29.1 Å². The number of nitrogens with two attached hydrogens (primary N) is 1. The summed E-state index contributed by atoms with van der Waals surface area (Å²) < 4.78 is 0. The van der Waals surface area contributed by atoms with Crippen LogP contribution in [-0.2, 0) is 4.79 Å². The first-order valence-electron chi connectivity index (χ1n) is 9.86. The van der Waals surface area contributed by atoms with Gasteiger partial charge in [-0.2, -0.15) is 0 Å². The summed E-state index contributed by atoms with van der Waals surface area (Å²) in [4.78, 5) is 28.4. The predicted octanol–water partition coefficient (Wildman–Crippen LogP) is 2.84. The van der Waals surface area contributed by atoms with Gasteiger partial charge in [0.05, 0.1) is 5.56 Å². The molecule has 31 heavy (non-hydrogen) atoms. The van der Waals surface area contributed by atoms with Crippen molar-refractivity contribution in [2.45, 2.75) is 6.92 Å². The lowest BCUT2D eigenvalue weighted by atomic mass is 10.0. The molecule has 3 aromatic rings. The van der Waals surface area contributed by atoms with E-state index in [0.29, 0.717) is 35.2 Å². The molecule has 0 bridgehead atoms. The first-order chi connectivity index (χ1) is 15.0. The SMILES string of the molecule is CC(=O)N1CCN(c2ccc(C#Cc3ncnc(N)c3-c3ccc(Cl)cc3)cn2)CC1. The van der Waals surface area contributed by atoms with Gasteiger partial charge in [-0.1, -0.05) is 29.7 Å². The standard InChI is InChI=1S/C23H21ClN6O/c1-16(31)29-10-12-30(13-11-29)21-9-3-17(14-26-21)2-8-20-22(23(25)28-15-27-20)18-4-6-19(24)7-5-18/h3-7,9,14-15H,10-13H2,1H3,(H2,25,27,28). The number of aromatic nitrogens is 3. The second kappa shape index (κ2) is 9.02. The van der Waals surface area contributed by atoms with E-state index in [1.807, 2.05) is 29.2 Å². The smallest absolute Gasteiger partial charge is 0.219 e. The van der Waals surface area contributed by atoms with Crippen LogP contribution in [0.15, 0.2) is 48.9 Å². The summed E-state index contributed by atoms with van der Waals surface area (Å²) in [5, 5.41) is 0.640. The molecule has 0 aliphatic carbocycles. The van der Waals surface area contributed by atoms with Gasteiger partial charge in [0.15, 0.2) is 0 Å². The van der Waals surface area contributed by atoms with E-state index < -0.39 is 0 Å². The quantitative estimate of drug-likeness (QED) is 0.626. The summed E-state index contributed by atoms with van der Waals surface area (Å²) in [6.45, 7) is 4.55. The van der Waals surface area contributed by atoms with Crippen LogP contribution in [0.2, 0.25) is 5.02 Å². The third-order valence-electron chi connectivity index (χ3n) is 5.13. The first kappa shape index (κ1) is 20.6. The zero-order valence-electron chi connectivity index (χ0n) is 17.0. The molecule has 2 N–H and O–H groups in total. The zero-order chi connectivity index (χ0) is 21.8. The Balaban J connectivity index is 1.53. The third-order valence-corrected chi connectivity index (χ3v) is 5.38. The summed E-state index contributed by atoms with van der Waals surface area (Å²) in [7, 11) is 0. The maximum Gasteiger partial charge on any atom is 0.219 e. The van der Waals surface area contributed by atoms with Crippen molar-refractivity contribution in [3.05, 3.63) is 65.2 Å². The lowest BCUT2D eigenvalue weighted by Gasteiger charge is -2.34. The lowest BCUT2D eigenvalue weighted by Crippen LogP contribution is -2.48. The molecule has 0 saturated carbocycles. The van der Waals surface area contributed by atoms with Crippen molar-refractivity contribution < 1.29 is 4.79 Å². The molecule has 8 heteroatoms. The first-order valence-corrected chi connectivity index (χ1v) is 10.2. The van der Waals surface area contributed by atoms with E-state index in [1.54, 1.807) is 25.3 Å². The molecular formula is C23H21ClN6O. The van der Waals surface area contributed by atoms with Crippen molar-refractivity contribution in [2.75, 3.05) is 36.8 Å². The minimum atomic E-state index is 0.113. The number of carbonyl (C=O) groups excluding carboxylic acids is 1. The molecule has 4 rings (SSSR count). The minimum Gasteiger partial charge on any atom is -0.383 e. The number of amides is 1. The Kier molecular flexibility index (Phi) is 6.01. The van der Waals surface area contributed by atoms with Gasteiger partial charge in [0.25, 0.3) is 0 Å². The molecule has 0 unspecified atom stereocenters. The van der Waals surface area contributed by atoms with Crippen LogP contribution in [0.5, 0.6) is 0 Å². The number of benzene rings is 1. The van der Waals surface area contributed by atoms with E-state index in [-0.39, 0.29) is 5.91 Å². The number of hydrogen-bond acceptors (Lipinski definition) is 6. The highest BCUT2D eigenvalue weighted by atomic mass is 35.5. The molecule has 2 aromatic heterocycles. The molecule has 1 aromatic carbocycles. The molecule has 0 spiro atoms. The van der Waals surface area contributed by atoms with Gasteiger partial charge >= 0.3 is 0 Å². The second-order valence-electron chi connectivity index (χ2n) is 7.14. The number of anilines is 2. The van der Waals surface area contributed by atoms with Gasteiger partial charge in [-0.05, 0) is 35.7 Å². The highest BCUT2D eigenvalue weighted by Gasteiger charge is 2.19. The number of pyridine rings is 1. The van der Waals surface area contributed by atoms with Gasteiger partial charge in [-0.3, -0.25) is 4.79 Å². The maximum absolute atomic E-state index is 11.5. The fourth-order valence-electron chi connectivity index (χ4n) is 3.42. The van der Waals surface area contributed by atoms with Crippen molar-refractivity contribution in [3.63, 3.8) is 0 Å². The minimum absolute atomic E-state index is 0.113. The molecule has 1 aliphatic heterocycles. The summed E-state index contributed by atoms with van der Waals surface area (Å²) >= 11 is 5.99. The Morgan fingerprint density at radius 1 is 1.00 bits per heavy atom. The molecule has 0 atom stereocenters. The molecule has 156 valence electrons. The summed E-state index contributed by atoms with van der Waals surface area (Å²) in [5.41, 5.74) is 8.94. The molecule has 3 heterocycles. The molecule has 1 aliphatic rings. The average Bonchev–Trinajstić information content (AvgIpc) is 2.79. The third kappa shape index (κ3) is 4.76. The van der Waals surface area contributed by atoms with E-state index in [2.05, 4.69) is 31.7 Å². The van der Waals surface area contributed by atoms with Crippen molar-refractivity contribution in [2.24, 2.45) is 0 Å². The van der Waals surface area contributed by atoms with Crippen LogP contribution in [-0.4, -0.2) is 51.9 Å². The van der Waals surface area contributed by atoms with Crippen molar-refractivity contribution in [1.82, 2.24) is 19.9 Å². The van der Waals surface area contributed by atoms with Gasteiger partial charge in [0, 0.05) is 49.9 Å². The van der Waals surface area contributed by atoms with Crippen LogP contribution < -0.4 is 10.6 Å². The number of nitrogens with zero attached hydrogens (tertiary/aromatic N) is 5. The topological polar surface area (TPSA) is 88.2 Å². The van der Waals surface area contributed by atoms with Crippen LogP contribution >= 0.6 is 11.6 Å². The van der Waals surface area contributed by atoms with E-state index in [1.165, 1.54) is 6.33 Å².